The minimum Gasteiger partial charge on any atom is -0.465 e. The predicted octanol–water partition coefficient (Wildman–Crippen LogP) is 4.17. The number of aryl methyl sites for hydroxylation is 1. The number of sulfone groups is 1. The van der Waals surface area contributed by atoms with Gasteiger partial charge in [-0.25, -0.2) is 18.2 Å². The number of aromatic nitrogens is 1. The van der Waals surface area contributed by atoms with Crippen LogP contribution in [0.15, 0.2) is 62.3 Å². The molecule has 0 aliphatic carbocycles. The molecule has 1 heterocycles. The van der Waals surface area contributed by atoms with E-state index < -0.39 is 15.8 Å². The number of rotatable bonds is 5. The highest BCUT2D eigenvalue weighted by Crippen LogP contribution is 2.25. The van der Waals surface area contributed by atoms with E-state index in [0.29, 0.717) is 28.5 Å². The molecule has 0 spiro atoms. The van der Waals surface area contributed by atoms with Crippen molar-refractivity contribution in [2.45, 2.75) is 17.6 Å². The zero-order valence-electron chi connectivity index (χ0n) is 14.6. The van der Waals surface area contributed by atoms with Crippen LogP contribution in [0.4, 0.5) is 0 Å². The summed E-state index contributed by atoms with van der Waals surface area (Å²) in [5, 5.41) is 0. The number of oxazole rings is 1. The van der Waals surface area contributed by atoms with E-state index >= 15 is 0 Å². The van der Waals surface area contributed by atoms with Crippen LogP contribution in [0.3, 0.4) is 0 Å². The van der Waals surface area contributed by atoms with Crippen molar-refractivity contribution in [3.05, 3.63) is 70.0 Å². The van der Waals surface area contributed by atoms with Gasteiger partial charge in [-0.15, -0.1) is 0 Å². The number of benzene rings is 2. The third kappa shape index (κ3) is 4.28. The molecular weight excluding hydrogens is 434 g/mol. The molecular formula is C19H16BrNO5S. The molecule has 0 aliphatic rings. The standard InChI is InChI=1S/C19H16BrNO5S/c1-12-17(11-27(23,24)16-9-7-15(20)8-10-16)21-18(26-12)13-3-5-14(6-4-13)19(22)25-2/h3-10H,11H2,1-2H3. The molecule has 0 unspecified atom stereocenters. The van der Waals surface area contributed by atoms with E-state index in [0.717, 1.165) is 4.47 Å². The largest absolute Gasteiger partial charge is 0.465 e. The second-order valence-electron chi connectivity index (χ2n) is 5.80. The number of halogens is 1. The molecule has 0 N–H and O–H groups in total. The SMILES string of the molecule is COC(=O)c1ccc(-c2nc(CS(=O)(=O)c3ccc(Br)cc3)c(C)o2)cc1. The van der Waals surface area contributed by atoms with Crippen LogP contribution in [0.1, 0.15) is 21.8 Å². The first-order valence-corrected chi connectivity index (χ1v) is 10.4. The molecule has 0 saturated carbocycles. The number of nitrogens with zero attached hydrogens (tertiary/aromatic N) is 1. The molecule has 3 rings (SSSR count). The monoisotopic (exact) mass is 449 g/mol. The molecule has 27 heavy (non-hydrogen) atoms. The summed E-state index contributed by atoms with van der Waals surface area (Å²) < 4.78 is 36.3. The van der Waals surface area contributed by atoms with Gasteiger partial charge < -0.3 is 9.15 Å². The summed E-state index contributed by atoms with van der Waals surface area (Å²) in [6.45, 7) is 1.67. The van der Waals surface area contributed by atoms with E-state index in [2.05, 4.69) is 25.7 Å². The maximum atomic E-state index is 12.6. The third-order valence-corrected chi connectivity index (χ3v) is 6.12. The molecule has 6 nitrogen and oxygen atoms in total. The van der Waals surface area contributed by atoms with Crippen molar-refractivity contribution in [3.8, 4) is 11.5 Å². The second-order valence-corrected chi connectivity index (χ2v) is 8.71. The van der Waals surface area contributed by atoms with Crippen molar-refractivity contribution in [3.63, 3.8) is 0 Å². The van der Waals surface area contributed by atoms with Gasteiger partial charge in [-0.1, -0.05) is 15.9 Å². The summed E-state index contributed by atoms with van der Waals surface area (Å²) >= 11 is 3.29. The zero-order chi connectivity index (χ0) is 19.6. The first kappa shape index (κ1) is 19.3. The summed E-state index contributed by atoms with van der Waals surface area (Å²) in [6, 6.07) is 13.0. The zero-order valence-corrected chi connectivity index (χ0v) is 17.0. The Morgan fingerprint density at radius 2 is 1.74 bits per heavy atom. The van der Waals surface area contributed by atoms with E-state index in [1.54, 1.807) is 55.5 Å². The molecule has 0 amide bonds. The molecule has 3 aromatic rings. The maximum Gasteiger partial charge on any atom is 0.337 e. The Morgan fingerprint density at radius 1 is 1.11 bits per heavy atom. The average Bonchev–Trinajstić information content (AvgIpc) is 3.01. The van der Waals surface area contributed by atoms with Gasteiger partial charge in [0.15, 0.2) is 9.84 Å². The maximum absolute atomic E-state index is 12.6. The Balaban J connectivity index is 1.86. The van der Waals surface area contributed by atoms with Crippen LogP contribution in [0, 0.1) is 6.92 Å². The van der Waals surface area contributed by atoms with E-state index in [1.807, 2.05) is 0 Å². The number of hydrogen-bond acceptors (Lipinski definition) is 6. The number of ether oxygens (including phenoxy) is 1. The fourth-order valence-corrected chi connectivity index (χ4v) is 4.07. The smallest absolute Gasteiger partial charge is 0.337 e. The molecule has 0 bridgehead atoms. The number of carbonyl (C=O) groups excluding carboxylic acids is 1. The minimum atomic E-state index is -3.55. The fraction of sp³-hybridized carbons (Fsp3) is 0.158. The predicted molar refractivity (Wildman–Crippen MR) is 103 cm³/mol. The molecule has 0 saturated heterocycles. The lowest BCUT2D eigenvalue weighted by atomic mass is 10.1. The van der Waals surface area contributed by atoms with E-state index in [1.165, 1.54) is 7.11 Å². The normalized spacial score (nSPS) is 11.4. The Morgan fingerprint density at radius 3 is 2.33 bits per heavy atom. The molecule has 2 aromatic carbocycles. The van der Waals surface area contributed by atoms with Crippen LogP contribution in [0.25, 0.3) is 11.5 Å². The van der Waals surface area contributed by atoms with Gasteiger partial charge in [0.2, 0.25) is 5.89 Å². The Hall–Kier alpha value is -2.45. The van der Waals surface area contributed by atoms with E-state index in [-0.39, 0.29) is 10.6 Å². The summed E-state index contributed by atoms with van der Waals surface area (Å²) in [6.07, 6.45) is 0. The van der Waals surface area contributed by atoms with Crippen LogP contribution >= 0.6 is 15.9 Å². The van der Waals surface area contributed by atoms with Crippen molar-refractivity contribution in [2.75, 3.05) is 7.11 Å². The molecule has 140 valence electrons. The van der Waals surface area contributed by atoms with E-state index in [4.69, 9.17) is 4.42 Å². The van der Waals surface area contributed by atoms with Crippen LogP contribution in [0.2, 0.25) is 0 Å². The van der Waals surface area contributed by atoms with Gasteiger partial charge in [-0.05, 0) is 55.5 Å². The Kier molecular flexibility index (Phi) is 5.48. The van der Waals surface area contributed by atoms with Crippen molar-refractivity contribution < 1.29 is 22.4 Å². The highest BCUT2D eigenvalue weighted by atomic mass is 79.9. The number of hydrogen-bond donors (Lipinski definition) is 0. The van der Waals surface area contributed by atoms with E-state index in [9.17, 15) is 13.2 Å². The van der Waals surface area contributed by atoms with Crippen LogP contribution in [0.5, 0.6) is 0 Å². The van der Waals surface area contributed by atoms with Gasteiger partial charge >= 0.3 is 5.97 Å². The summed E-state index contributed by atoms with van der Waals surface area (Å²) in [4.78, 5) is 16.1. The van der Waals surface area contributed by atoms with Gasteiger partial charge in [-0.2, -0.15) is 0 Å². The van der Waals surface area contributed by atoms with Crippen LogP contribution in [-0.2, 0) is 20.3 Å². The summed E-state index contributed by atoms with van der Waals surface area (Å²) in [5.74, 6) is 0.0311. The molecule has 0 aliphatic heterocycles. The lowest BCUT2D eigenvalue weighted by Gasteiger charge is -2.03. The first-order valence-electron chi connectivity index (χ1n) is 7.93. The Labute approximate surface area is 165 Å². The number of esters is 1. The third-order valence-electron chi connectivity index (χ3n) is 3.95. The van der Waals surface area contributed by atoms with Crippen LogP contribution in [-0.4, -0.2) is 26.5 Å². The van der Waals surface area contributed by atoms with Crippen molar-refractivity contribution in [1.29, 1.82) is 0 Å². The first-order chi connectivity index (χ1) is 12.8. The lowest BCUT2D eigenvalue weighted by Crippen LogP contribution is -2.06. The second kappa shape index (κ2) is 7.66. The van der Waals surface area contributed by atoms with Gasteiger partial charge in [-0.3, -0.25) is 0 Å². The highest BCUT2D eigenvalue weighted by molar-refractivity contribution is 9.10. The molecule has 1 aromatic heterocycles. The topological polar surface area (TPSA) is 86.5 Å². The number of carbonyl (C=O) groups is 1. The fourth-order valence-electron chi connectivity index (χ4n) is 2.46. The Bertz CT molecular complexity index is 1070. The quantitative estimate of drug-likeness (QED) is 0.543. The molecule has 8 heteroatoms. The average molecular weight is 450 g/mol. The van der Waals surface area contributed by atoms with Crippen molar-refractivity contribution >= 4 is 31.7 Å². The molecule has 0 atom stereocenters. The minimum absolute atomic E-state index is 0.220. The summed E-state index contributed by atoms with van der Waals surface area (Å²) in [7, 11) is -2.24. The van der Waals surface area contributed by atoms with Gasteiger partial charge in [0.05, 0.1) is 23.3 Å². The van der Waals surface area contributed by atoms with Gasteiger partial charge in [0, 0.05) is 10.0 Å². The summed E-state index contributed by atoms with van der Waals surface area (Å²) in [5.41, 5.74) is 1.39. The van der Waals surface area contributed by atoms with Crippen molar-refractivity contribution in [1.82, 2.24) is 4.98 Å². The van der Waals surface area contributed by atoms with Crippen molar-refractivity contribution in [2.24, 2.45) is 0 Å². The van der Waals surface area contributed by atoms with Gasteiger partial charge in [0.1, 0.15) is 11.5 Å². The molecule has 0 fully saturated rings. The molecule has 0 radical (unpaired) electrons. The highest BCUT2D eigenvalue weighted by Gasteiger charge is 2.21. The van der Waals surface area contributed by atoms with Gasteiger partial charge in [0.25, 0.3) is 0 Å². The van der Waals surface area contributed by atoms with Crippen LogP contribution < -0.4 is 0 Å². The lowest BCUT2D eigenvalue weighted by molar-refractivity contribution is 0.0600. The number of methoxy groups -OCH3 is 1.